The molecule has 0 fully saturated rings. The second kappa shape index (κ2) is 21.6. The lowest BCUT2D eigenvalue weighted by Gasteiger charge is -2.23. The van der Waals surface area contributed by atoms with E-state index in [2.05, 4.69) is 6.92 Å². The first-order chi connectivity index (χ1) is 13.0. The first-order valence-electron chi connectivity index (χ1n) is 10.7. The molecule has 0 radical (unpaired) electrons. The maximum atomic E-state index is 10.3. The Bertz CT molecular complexity index is 288. The zero-order valence-electron chi connectivity index (χ0n) is 17.4. The molecule has 0 aromatic rings. The summed E-state index contributed by atoms with van der Waals surface area (Å²) in [5.74, 6) is -0.655. The summed E-state index contributed by atoms with van der Waals surface area (Å²) < 4.78 is 0. The van der Waals surface area contributed by atoms with Crippen LogP contribution in [0.2, 0.25) is 0 Å². The van der Waals surface area contributed by atoms with Gasteiger partial charge >= 0.3 is 5.97 Å². The van der Waals surface area contributed by atoms with Gasteiger partial charge in [-0.05, 0) is 6.42 Å². The molecule has 0 bridgehead atoms. The molecule has 27 heavy (non-hydrogen) atoms. The van der Waals surface area contributed by atoms with E-state index in [9.17, 15) is 4.79 Å². The van der Waals surface area contributed by atoms with Gasteiger partial charge in [0.1, 0.15) is 0 Å². The van der Waals surface area contributed by atoms with Gasteiger partial charge in [-0.1, -0.05) is 84.0 Å². The molecule has 0 aromatic carbocycles. The van der Waals surface area contributed by atoms with Crippen molar-refractivity contribution < 1.29 is 30.3 Å². The number of rotatable bonds is 18. The van der Waals surface area contributed by atoms with Crippen LogP contribution in [0.5, 0.6) is 0 Å². The van der Waals surface area contributed by atoms with Gasteiger partial charge in [-0.25, -0.2) is 0 Å². The van der Waals surface area contributed by atoms with Crippen LogP contribution >= 0.6 is 0 Å². The molecule has 6 heteroatoms. The SMILES string of the molecule is CCCCCCCCCCCCCCCC(=O)O.OCC(CO)(CO)CO. The highest BCUT2D eigenvalue weighted by Gasteiger charge is 2.26. The van der Waals surface area contributed by atoms with E-state index in [-0.39, 0.29) is 0 Å². The van der Waals surface area contributed by atoms with Crippen LogP contribution in [0.4, 0.5) is 0 Å². The first-order valence-corrected chi connectivity index (χ1v) is 10.7. The van der Waals surface area contributed by atoms with Crippen LogP contribution in [0.1, 0.15) is 96.8 Å². The topological polar surface area (TPSA) is 118 Å². The molecule has 5 N–H and O–H groups in total. The number of carboxylic acid groups (broad SMARTS) is 1. The normalized spacial score (nSPS) is 11.1. The number of aliphatic hydroxyl groups excluding tert-OH is 4. The van der Waals surface area contributed by atoms with E-state index in [1.807, 2.05) is 0 Å². The van der Waals surface area contributed by atoms with Crippen LogP contribution in [0, 0.1) is 5.41 Å². The van der Waals surface area contributed by atoms with Gasteiger partial charge in [-0.15, -0.1) is 0 Å². The van der Waals surface area contributed by atoms with Crippen molar-refractivity contribution in [2.45, 2.75) is 96.8 Å². The van der Waals surface area contributed by atoms with Crippen molar-refractivity contribution >= 4 is 5.97 Å². The molecule has 164 valence electrons. The maximum Gasteiger partial charge on any atom is 0.303 e. The largest absolute Gasteiger partial charge is 0.481 e. The minimum atomic E-state index is -1.11. The molecule has 0 aromatic heterocycles. The molecule has 0 unspecified atom stereocenters. The highest BCUT2D eigenvalue weighted by Crippen LogP contribution is 2.13. The summed E-state index contributed by atoms with van der Waals surface area (Å²) in [7, 11) is 0. The summed E-state index contributed by atoms with van der Waals surface area (Å²) in [6.07, 6.45) is 17.3. The fraction of sp³-hybridized carbons (Fsp3) is 0.952. The summed E-state index contributed by atoms with van der Waals surface area (Å²) >= 11 is 0. The van der Waals surface area contributed by atoms with Crippen molar-refractivity contribution in [3.8, 4) is 0 Å². The Labute approximate surface area is 165 Å². The summed E-state index contributed by atoms with van der Waals surface area (Å²) in [4.78, 5) is 10.3. The molecule has 0 saturated carbocycles. The van der Waals surface area contributed by atoms with Crippen LogP contribution in [0.15, 0.2) is 0 Å². The summed E-state index contributed by atoms with van der Waals surface area (Å²) in [6.45, 7) is 0.635. The van der Waals surface area contributed by atoms with Crippen molar-refractivity contribution in [1.29, 1.82) is 0 Å². The predicted octanol–water partition coefficient (Wildman–Crippen LogP) is 3.49. The summed E-state index contributed by atoms with van der Waals surface area (Å²) in [5.41, 5.74) is -1.11. The Morgan fingerprint density at radius 3 is 1.11 bits per heavy atom. The Kier molecular flexibility index (Phi) is 22.8. The number of hydrogen-bond donors (Lipinski definition) is 5. The lowest BCUT2D eigenvalue weighted by molar-refractivity contribution is -0.137. The van der Waals surface area contributed by atoms with E-state index in [1.165, 1.54) is 70.6 Å². The van der Waals surface area contributed by atoms with Crippen LogP contribution in [-0.4, -0.2) is 57.9 Å². The zero-order chi connectivity index (χ0) is 20.8. The molecule has 0 aliphatic heterocycles. The molecule has 6 nitrogen and oxygen atoms in total. The number of carbonyl (C=O) groups is 1. The summed E-state index contributed by atoms with van der Waals surface area (Å²) in [5, 5.41) is 42.5. The van der Waals surface area contributed by atoms with Crippen molar-refractivity contribution in [3.63, 3.8) is 0 Å². The van der Waals surface area contributed by atoms with Crippen molar-refractivity contribution in [2.24, 2.45) is 5.41 Å². The fourth-order valence-electron chi connectivity index (χ4n) is 2.59. The molecular weight excluding hydrogens is 348 g/mol. The molecule has 0 amide bonds. The Morgan fingerprint density at radius 1 is 0.593 bits per heavy atom. The van der Waals surface area contributed by atoms with E-state index in [1.54, 1.807) is 0 Å². The van der Waals surface area contributed by atoms with Crippen LogP contribution in [0.3, 0.4) is 0 Å². The van der Waals surface area contributed by atoms with Gasteiger partial charge in [0.2, 0.25) is 0 Å². The average Bonchev–Trinajstić information content (AvgIpc) is 2.68. The number of hydrogen-bond acceptors (Lipinski definition) is 5. The lowest BCUT2D eigenvalue weighted by atomic mass is 9.93. The second-order valence-electron chi connectivity index (χ2n) is 7.52. The zero-order valence-corrected chi connectivity index (χ0v) is 17.4. The van der Waals surface area contributed by atoms with E-state index in [0.717, 1.165) is 12.8 Å². The third kappa shape index (κ3) is 19.9. The third-order valence-electron chi connectivity index (χ3n) is 4.84. The Hall–Kier alpha value is -0.690. The quantitative estimate of drug-likeness (QED) is 0.228. The van der Waals surface area contributed by atoms with E-state index in [0.29, 0.717) is 6.42 Å². The molecule has 0 atom stereocenters. The maximum absolute atomic E-state index is 10.3. The van der Waals surface area contributed by atoms with Gasteiger partial charge < -0.3 is 25.5 Å². The molecule has 0 saturated heterocycles. The van der Waals surface area contributed by atoms with Gasteiger partial charge in [-0.3, -0.25) is 4.79 Å². The van der Waals surface area contributed by atoms with Crippen molar-refractivity contribution in [2.75, 3.05) is 26.4 Å². The second-order valence-corrected chi connectivity index (χ2v) is 7.52. The van der Waals surface area contributed by atoms with Crippen molar-refractivity contribution in [1.82, 2.24) is 0 Å². The van der Waals surface area contributed by atoms with Gasteiger partial charge in [0.05, 0.1) is 31.8 Å². The number of carboxylic acids is 1. The van der Waals surface area contributed by atoms with Crippen LogP contribution in [-0.2, 0) is 4.79 Å². The Balaban J connectivity index is 0. The lowest BCUT2D eigenvalue weighted by Crippen LogP contribution is -2.37. The minimum Gasteiger partial charge on any atom is -0.481 e. The van der Waals surface area contributed by atoms with Gasteiger partial charge in [0.25, 0.3) is 0 Å². The number of aliphatic hydroxyl groups is 4. The molecule has 0 spiro atoms. The molecular formula is C21H44O6. The van der Waals surface area contributed by atoms with Crippen LogP contribution in [0.25, 0.3) is 0 Å². The van der Waals surface area contributed by atoms with Gasteiger partial charge in [0.15, 0.2) is 0 Å². The highest BCUT2D eigenvalue weighted by atomic mass is 16.4. The highest BCUT2D eigenvalue weighted by molar-refractivity contribution is 5.66. The number of unbranched alkanes of at least 4 members (excludes halogenated alkanes) is 12. The third-order valence-corrected chi connectivity index (χ3v) is 4.84. The van der Waals surface area contributed by atoms with Gasteiger partial charge in [0, 0.05) is 6.42 Å². The van der Waals surface area contributed by atoms with Crippen molar-refractivity contribution in [3.05, 3.63) is 0 Å². The first kappa shape index (κ1) is 28.5. The average molecular weight is 393 g/mol. The van der Waals surface area contributed by atoms with Crippen LogP contribution < -0.4 is 0 Å². The summed E-state index contributed by atoms with van der Waals surface area (Å²) in [6, 6.07) is 0. The minimum absolute atomic E-state index is 0.345. The fourth-order valence-corrected chi connectivity index (χ4v) is 2.59. The Morgan fingerprint density at radius 2 is 0.889 bits per heavy atom. The predicted molar refractivity (Wildman–Crippen MR) is 109 cm³/mol. The van der Waals surface area contributed by atoms with Gasteiger partial charge in [-0.2, -0.15) is 0 Å². The smallest absolute Gasteiger partial charge is 0.303 e. The van der Waals surface area contributed by atoms with E-state index in [4.69, 9.17) is 25.5 Å². The number of aliphatic carboxylic acids is 1. The molecule has 0 rings (SSSR count). The molecule has 0 aliphatic rings. The van der Waals surface area contributed by atoms with E-state index >= 15 is 0 Å². The molecule has 0 aliphatic carbocycles. The standard InChI is InChI=1S/C16H32O2.C5H12O4/c1-2-3-4-5-6-7-8-9-10-11-12-13-14-15-16(17)18;6-1-5(2-7,3-8)4-9/h2-15H2,1H3,(H,17,18);6-9H,1-4H2. The van der Waals surface area contributed by atoms with E-state index < -0.39 is 37.8 Å². The monoisotopic (exact) mass is 392 g/mol. The molecule has 0 heterocycles.